The molecule has 0 spiro atoms. The second kappa shape index (κ2) is 12.9. The molecule has 0 atom stereocenters. The van der Waals surface area contributed by atoms with Crippen LogP contribution in [0.25, 0.3) is 26.7 Å². The summed E-state index contributed by atoms with van der Waals surface area (Å²) >= 11 is 8.09. The van der Waals surface area contributed by atoms with E-state index in [1.165, 1.54) is 43.3 Å². The first-order valence-electron chi connectivity index (χ1n) is 14.0. The SMILES string of the molecule is CCCCCCN1CCN(C(=O)c2cc(-c3ccc(-c4cccc(S(C)(=O)=O)c4)s3)n(-c3ccccc3Cl)n2)CC1. The number of unbranched alkanes of at least 4 members (excludes halogenated alkanes) is 3. The third-order valence-electron chi connectivity index (χ3n) is 7.40. The average molecular weight is 611 g/mol. The summed E-state index contributed by atoms with van der Waals surface area (Å²) in [7, 11) is -3.32. The second-order valence-corrected chi connectivity index (χ2v) is 13.9. The Morgan fingerprint density at radius 3 is 2.41 bits per heavy atom. The summed E-state index contributed by atoms with van der Waals surface area (Å²) in [4.78, 5) is 20.0. The Morgan fingerprint density at radius 1 is 0.927 bits per heavy atom. The summed E-state index contributed by atoms with van der Waals surface area (Å²) < 4.78 is 25.9. The third-order valence-corrected chi connectivity index (χ3v) is 9.99. The van der Waals surface area contributed by atoms with E-state index in [0.29, 0.717) is 29.5 Å². The highest BCUT2D eigenvalue weighted by atomic mass is 35.5. The summed E-state index contributed by atoms with van der Waals surface area (Å²) in [5.41, 5.74) is 2.64. The molecule has 3 heterocycles. The molecule has 1 aliphatic heterocycles. The van der Waals surface area contributed by atoms with Gasteiger partial charge < -0.3 is 4.90 Å². The lowest BCUT2D eigenvalue weighted by molar-refractivity contribution is 0.0629. The van der Waals surface area contributed by atoms with Crippen molar-refractivity contribution in [3.8, 4) is 26.7 Å². The van der Waals surface area contributed by atoms with Gasteiger partial charge in [0.1, 0.15) is 0 Å². The van der Waals surface area contributed by atoms with Crippen molar-refractivity contribution in [1.82, 2.24) is 19.6 Å². The molecule has 2 aromatic carbocycles. The number of benzene rings is 2. The predicted octanol–water partition coefficient (Wildman–Crippen LogP) is 6.66. The highest BCUT2D eigenvalue weighted by Gasteiger charge is 2.26. The minimum absolute atomic E-state index is 0.0830. The van der Waals surface area contributed by atoms with E-state index in [1.807, 2.05) is 47.4 Å². The van der Waals surface area contributed by atoms with Crippen LogP contribution in [0, 0.1) is 0 Å². The number of hydrogen-bond acceptors (Lipinski definition) is 6. The fraction of sp³-hybridized carbons (Fsp3) is 0.355. The van der Waals surface area contributed by atoms with E-state index >= 15 is 0 Å². The Bertz CT molecular complexity index is 1620. The number of para-hydroxylation sites is 1. The Morgan fingerprint density at radius 2 is 1.68 bits per heavy atom. The number of rotatable bonds is 10. The zero-order valence-electron chi connectivity index (χ0n) is 23.4. The molecule has 0 N–H and O–H groups in total. The number of amides is 1. The number of thiophene rings is 1. The predicted molar refractivity (Wildman–Crippen MR) is 167 cm³/mol. The van der Waals surface area contributed by atoms with E-state index < -0.39 is 9.84 Å². The van der Waals surface area contributed by atoms with Crippen LogP contribution >= 0.6 is 22.9 Å². The molecule has 216 valence electrons. The van der Waals surface area contributed by atoms with Crippen LogP contribution < -0.4 is 0 Å². The number of carbonyl (C=O) groups excluding carboxylic acids is 1. The van der Waals surface area contributed by atoms with Gasteiger partial charge in [0, 0.05) is 37.3 Å². The number of sulfone groups is 1. The van der Waals surface area contributed by atoms with Crippen LogP contribution in [-0.2, 0) is 9.84 Å². The van der Waals surface area contributed by atoms with Crippen molar-refractivity contribution in [2.24, 2.45) is 0 Å². The van der Waals surface area contributed by atoms with Crippen molar-refractivity contribution in [3.63, 3.8) is 0 Å². The smallest absolute Gasteiger partial charge is 0.274 e. The standard InChI is InChI=1S/C31H35ClN4O3S2/c1-3-4-5-8-16-34-17-19-35(20-18-34)31(37)26-22-28(36(33-26)27-13-7-6-12-25(27)32)30-15-14-29(40-30)23-10-9-11-24(21-23)41(2,38)39/h6-7,9-15,21-22H,3-5,8,16-20H2,1-2H3. The number of nitrogens with zero attached hydrogens (tertiary/aromatic N) is 4. The van der Waals surface area contributed by atoms with Crippen molar-refractivity contribution >= 4 is 38.7 Å². The third kappa shape index (κ3) is 6.92. The van der Waals surface area contributed by atoms with Gasteiger partial charge in [0.25, 0.3) is 5.91 Å². The minimum atomic E-state index is -3.32. The van der Waals surface area contributed by atoms with Gasteiger partial charge in [-0.2, -0.15) is 5.10 Å². The first-order valence-corrected chi connectivity index (χ1v) is 17.1. The molecule has 1 aliphatic rings. The van der Waals surface area contributed by atoms with Gasteiger partial charge in [-0.25, -0.2) is 13.1 Å². The van der Waals surface area contributed by atoms with Crippen LogP contribution in [0.1, 0.15) is 43.1 Å². The topological polar surface area (TPSA) is 75.5 Å². The van der Waals surface area contributed by atoms with Crippen molar-refractivity contribution in [1.29, 1.82) is 0 Å². The number of hydrogen-bond donors (Lipinski definition) is 0. The van der Waals surface area contributed by atoms with Crippen molar-refractivity contribution < 1.29 is 13.2 Å². The Hall–Kier alpha value is -2.98. The summed E-state index contributed by atoms with van der Waals surface area (Å²) in [6.07, 6.45) is 6.17. The van der Waals surface area contributed by atoms with Gasteiger partial charge in [0.2, 0.25) is 0 Å². The minimum Gasteiger partial charge on any atom is -0.335 e. The van der Waals surface area contributed by atoms with E-state index in [9.17, 15) is 13.2 Å². The van der Waals surface area contributed by atoms with Crippen molar-refractivity contribution in [2.45, 2.75) is 37.5 Å². The Kier molecular flexibility index (Phi) is 9.28. The molecule has 5 rings (SSSR count). The highest BCUT2D eigenvalue weighted by Crippen LogP contribution is 2.37. The van der Waals surface area contributed by atoms with E-state index in [0.717, 1.165) is 40.6 Å². The Labute approximate surface area is 251 Å². The molecule has 7 nitrogen and oxygen atoms in total. The van der Waals surface area contributed by atoms with E-state index in [-0.39, 0.29) is 10.8 Å². The van der Waals surface area contributed by atoms with Gasteiger partial charge in [0.05, 0.1) is 26.2 Å². The van der Waals surface area contributed by atoms with Crippen LogP contribution in [0.2, 0.25) is 5.02 Å². The quantitative estimate of drug-likeness (QED) is 0.188. The van der Waals surface area contributed by atoms with Crippen molar-refractivity contribution in [3.05, 3.63) is 77.4 Å². The summed E-state index contributed by atoms with van der Waals surface area (Å²) in [5, 5.41) is 5.30. The fourth-order valence-corrected chi connectivity index (χ4v) is 6.96. The molecular formula is C31H35ClN4O3S2. The van der Waals surface area contributed by atoms with Gasteiger partial charge in [-0.05, 0) is 61.0 Å². The van der Waals surface area contributed by atoms with Gasteiger partial charge in [-0.1, -0.05) is 62.1 Å². The maximum absolute atomic E-state index is 13.6. The molecule has 0 saturated carbocycles. The second-order valence-electron chi connectivity index (χ2n) is 10.4. The molecule has 1 fully saturated rings. The zero-order chi connectivity index (χ0) is 29.0. The van der Waals surface area contributed by atoms with Crippen LogP contribution in [0.15, 0.2) is 71.6 Å². The number of piperazine rings is 1. The molecule has 2 aromatic heterocycles. The lowest BCUT2D eigenvalue weighted by atomic mass is 10.2. The van der Waals surface area contributed by atoms with Gasteiger partial charge in [0.15, 0.2) is 15.5 Å². The largest absolute Gasteiger partial charge is 0.335 e. The number of halogens is 1. The monoisotopic (exact) mass is 610 g/mol. The molecule has 0 aliphatic carbocycles. The maximum Gasteiger partial charge on any atom is 0.274 e. The summed E-state index contributed by atoms with van der Waals surface area (Å²) in [5.74, 6) is -0.0830. The van der Waals surface area contributed by atoms with Crippen LogP contribution in [0.4, 0.5) is 0 Å². The zero-order valence-corrected chi connectivity index (χ0v) is 25.8. The van der Waals surface area contributed by atoms with Gasteiger partial charge in [-0.3, -0.25) is 9.69 Å². The van der Waals surface area contributed by atoms with Crippen LogP contribution in [0.5, 0.6) is 0 Å². The summed E-state index contributed by atoms with van der Waals surface area (Å²) in [6.45, 7) is 6.41. The first-order chi connectivity index (χ1) is 19.7. The molecule has 0 unspecified atom stereocenters. The lowest BCUT2D eigenvalue weighted by Gasteiger charge is -2.34. The van der Waals surface area contributed by atoms with Gasteiger partial charge >= 0.3 is 0 Å². The highest BCUT2D eigenvalue weighted by molar-refractivity contribution is 7.90. The molecule has 1 amide bonds. The average Bonchev–Trinajstić information content (AvgIpc) is 3.63. The lowest BCUT2D eigenvalue weighted by Crippen LogP contribution is -2.48. The fourth-order valence-electron chi connectivity index (χ4n) is 5.08. The molecule has 1 saturated heterocycles. The molecule has 0 radical (unpaired) electrons. The van der Waals surface area contributed by atoms with Crippen LogP contribution in [0.3, 0.4) is 0 Å². The van der Waals surface area contributed by atoms with E-state index in [4.69, 9.17) is 16.7 Å². The normalized spacial score (nSPS) is 14.5. The molecule has 41 heavy (non-hydrogen) atoms. The van der Waals surface area contributed by atoms with Gasteiger partial charge in [-0.15, -0.1) is 11.3 Å². The maximum atomic E-state index is 13.6. The molecular weight excluding hydrogens is 576 g/mol. The summed E-state index contributed by atoms with van der Waals surface area (Å²) in [6, 6.07) is 20.2. The van der Waals surface area contributed by atoms with E-state index in [1.54, 1.807) is 28.9 Å². The van der Waals surface area contributed by atoms with Crippen LogP contribution in [-0.4, -0.2) is 72.9 Å². The van der Waals surface area contributed by atoms with Crippen molar-refractivity contribution in [2.75, 3.05) is 39.0 Å². The number of aromatic nitrogens is 2. The Balaban J connectivity index is 1.42. The molecule has 10 heteroatoms. The first kappa shape index (κ1) is 29.5. The number of carbonyl (C=O) groups is 1. The van der Waals surface area contributed by atoms with E-state index in [2.05, 4.69) is 11.8 Å². The molecule has 4 aromatic rings. The molecule has 0 bridgehead atoms.